The normalized spacial score (nSPS) is 11.3. The fraction of sp³-hybridized carbons (Fsp3) is 0.412. The van der Waals surface area contributed by atoms with E-state index in [-0.39, 0.29) is 11.7 Å². The topological polar surface area (TPSA) is 79.8 Å². The van der Waals surface area contributed by atoms with Gasteiger partial charge in [-0.05, 0) is 18.9 Å². The number of anilines is 3. The van der Waals surface area contributed by atoms with Gasteiger partial charge in [0, 0.05) is 43.6 Å². The van der Waals surface area contributed by atoms with Crippen molar-refractivity contribution in [2.45, 2.75) is 46.5 Å². The van der Waals surface area contributed by atoms with Crippen LogP contribution in [0.2, 0.25) is 0 Å². The number of alkyl halides is 2. The molecule has 0 bridgehead atoms. The summed E-state index contributed by atoms with van der Waals surface area (Å²) in [7, 11) is 0. The lowest BCUT2D eigenvalue weighted by Gasteiger charge is -2.15. The second kappa shape index (κ2) is 7.50. The summed E-state index contributed by atoms with van der Waals surface area (Å²) in [5.74, 6) is -3.27. The smallest absolute Gasteiger partial charge is 0.303 e. The van der Waals surface area contributed by atoms with E-state index in [1.807, 2.05) is 6.92 Å². The van der Waals surface area contributed by atoms with Crippen molar-refractivity contribution in [1.82, 2.24) is 15.0 Å². The fourth-order valence-corrected chi connectivity index (χ4v) is 2.28. The highest BCUT2D eigenvalue weighted by Crippen LogP contribution is 2.27. The zero-order valence-electron chi connectivity index (χ0n) is 14.7. The fourth-order valence-electron chi connectivity index (χ4n) is 2.28. The number of nitrogens with one attached hydrogen (secondary N) is 2. The highest BCUT2D eigenvalue weighted by Gasteiger charge is 2.29. The number of carbonyl (C=O) groups excluding carboxylic acids is 1. The van der Waals surface area contributed by atoms with Crippen LogP contribution in [0.1, 0.15) is 44.3 Å². The van der Waals surface area contributed by atoms with Gasteiger partial charge in [-0.15, -0.1) is 0 Å². The monoisotopic (exact) mass is 349 g/mol. The van der Waals surface area contributed by atoms with Crippen molar-refractivity contribution in [2.24, 2.45) is 0 Å². The van der Waals surface area contributed by atoms with Gasteiger partial charge in [-0.2, -0.15) is 8.78 Å². The van der Waals surface area contributed by atoms with Crippen molar-refractivity contribution < 1.29 is 13.6 Å². The highest BCUT2D eigenvalue weighted by molar-refractivity contribution is 5.88. The predicted molar refractivity (Wildman–Crippen MR) is 92.2 cm³/mol. The van der Waals surface area contributed by atoms with E-state index in [0.717, 1.165) is 25.3 Å². The molecule has 0 atom stereocenters. The summed E-state index contributed by atoms with van der Waals surface area (Å²) in [5.41, 5.74) is 1.99. The Balaban J connectivity index is 2.40. The van der Waals surface area contributed by atoms with Crippen molar-refractivity contribution in [3.05, 3.63) is 35.4 Å². The van der Waals surface area contributed by atoms with Crippen LogP contribution in [0.3, 0.4) is 0 Å². The van der Waals surface area contributed by atoms with Gasteiger partial charge < -0.3 is 10.6 Å². The Labute approximate surface area is 145 Å². The molecule has 0 saturated carbocycles. The second-order valence-corrected chi connectivity index (χ2v) is 5.89. The van der Waals surface area contributed by atoms with E-state index in [4.69, 9.17) is 0 Å². The number of nitrogens with zero attached hydrogens (tertiary/aromatic N) is 3. The molecule has 0 aliphatic heterocycles. The maximum Gasteiger partial charge on any atom is 0.303 e. The van der Waals surface area contributed by atoms with Gasteiger partial charge in [0.2, 0.25) is 11.7 Å². The largest absolute Gasteiger partial charge is 0.340 e. The molecular formula is C17H21F2N5O. The van der Waals surface area contributed by atoms with Gasteiger partial charge in [0.15, 0.2) is 0 Å². The summed E-state index contributed by atoms with van der Waals surface area (Å²) in [6, 6.07) is 3.25. The number of carbonyl (C=O) groups is 1. The highest BCUT2D eigenvalue weighted by atomic mass is 19.3. The van der Waals surface area contributed by atoms with Crippen molar-refractivity contribution >= 4 is 23.2 Å². The van der Waals surface area contributed by atoms with Crippen LogP contribution in [0.4, 0.5) is 26.1 Å². The number of halogens is 2. The van der Waals surface area contributed by atoms with Gasteiger partial charge in [0.25, 0.3) is 0 Å². The van der Waals surface area contributed by atoms with Crippen LogP contribution in [0.25, 0.3) is 0 Å². The molecule has 0 spiro atoms. The first-order valence-corrected chi connectivity index (χ1v) is 7.96. The average Bonchev–Trinajstić information content (AvgIpc) is 2.48. The van der Waals surface area contributed by atoms with E-state index in [9.17, 15) is 13.6 Å². The molecule has 0 unspecified atom stereocenters. The number of aryl methyl sites for hydroxylation is 2. The van der Waals surface area contributed by atoms with Crippen LogP contribution < -0.4 is 10.6 Å². The Hall–Kier alpha value is -2.64. The van der Waals surface area contributed by atoms with Crippen molar-refractivity contribution in [1.29, 1.82) is 0 Å². The van der Waals surface area contributed by atoms with Crippen LogP contribution in [0.5, 0.6) is 0 Å². The molecule has 1 amide bonds. The molecule has 2 N–H and O–H groups in total. The molecule has 0 aliphatic rings. The van der Waals surface area contributed by atoms with Gasteiger partial charge in [0.05, 0.1) is 0 Å². The van der Waals surface area contributed by atoms with Crippen LogP contribution >= 0.6 is 0 Å². The Morgan fingerprint density at radius 1 is 1.24 bits per heavy atom. The molecule has 25 heavy (non-hydrogen) atoms. The summed E-state index contributed by atoms with van der Waals surface area (Å²) < 4.78 is 27.1. The second-order valence-electron chi connectivity index (χ2n) is 5.89. The zero-order valence-corrected chi connectivity index (χ0v) is 14.7. The quantitative estimate of drug-likeness (QED) is 0.825. The lowest BCUT2D eigenvalue weighted by Crippen LogP contribution is -2.15. The standard InChI is InChI=1S/C17H21F2N5O/c1-5-6-12-9-20-14(22-11(3)25)8-13(12)23-15-7-10(2)21-16(24-15)17(4,18)19/h7-9H,5-6H2,1-4H3,(H2,20,21,22,23,24,25). The third-order valence-corrected chi connectivity index (χ3v) is 3.32. The first-order chi connectivity index (χ1) is 11.7. The summed E-state index contributed by atoms with van der Waals surface area (Å²) in [6.07, 6.45) is 3.29. The molecule has 0 saturated heterocycles. The van der Waals surface area contributed by atoms with Crippen molar-refractivity contribution in [3.8, 4) is 0 Å². The van der Waals surface area contributed by atoms with E-state index in [1.54, 1.807) is 25.3 Å². The van der Waals surface area contributed by atoms with Gasteiger partial charge in [0.1, 0.15) is 11.6 Å². The van der Waals surface area contributed by atoms with Crippen LogP contribution in [0, 0.1) is 6.92 Å². The number of amides is 1. The summed E-state index contributed by atoms with van der Waals surface area (Å²) in [5, 5.41) is 5.65. The minimum absolute atomic E-state index is 0.243. The maximum absolute atomic E-state index is 13.6. The first kappa shape index (κ1) is 18.7. The molecule has 134 valence electrons. The molecule has 0 fully saturated rings. The van der Waals surface area contributed by atoms with E-state index in [0.29, 0.717) is 17.2 Å². The number of pyridine rings is 1. The van der Waals surface area contributed by atoms with Gasteiger partial charge in [-0.3, -0.25) is 4.79 Å². The lowest BCUT2D eigenvalue weighted by molar-refractivity contribution is -0.114. The number of aromatic nitrogens is 3. The molecule has 6 nitrogen and oxygen atoms in total. The molecule has 2 aromatic rings. The first-order valence-electron chi connectivity index (χ1n) is 7.96. The van der Waals surface area contributed by atoms with E-state index in [2.05, 4.69) is 25.6 Å². The Morgan fingerprint density at radius 2 is 1.96 bits per heavy atom. The number of hydrogen-bond acceptors (Lipinski definition) is 5. The average molecular weight is 349 g/mol. The van der Waals surface area contributed by atoms with Crippen LogP contribution in [-0.4, -0.2) is 20.9 Å². The minimum Gasteiger partial charge on any atom is -0.340 e. The van der Waals surface area contributed by atoms with Crippen molar-refractivity contribution in [3.63, 3.8) is 0 Å². The molecule has 0 aliphatic carbocycles. The van der Waals surface area contributed by atoms with E-state index < -0.39 is 11.7 Å². The SMILES string of the molecule is CCCc1cnc(NC(C)=O)cc1Nc1cc(C)nc(C(C)(F)F)n1. The molecule has 0 aromatic carbocycles. The Morgan fingerprint density at radius 3 is 2.56 bits per heavy atom. The van der Waals surface area contributed by atoms with Crippen LogP contribution in [-0.2, 0) is 17.1 Å². The molecule has 0 radical (unpaired) electrons. The molecule has 2 rings (SSSR count). The maximum atomic E-state index is 13.6. The molecule has 2 aromatic heterocycles. The summed E-state index contributed by atoms with van der Waals surface area (Å²) in [6.45, 7) is 5.80. The zero-order chi connectivity index (χ0) is 18.6. The summed E-state index contributed by atoms with van der Waals surface area (Å²) >= 11 is 0. The molecule has 2 heterocycles. The minimum atomic E-state index is -3.13. The Bertz CT molecular complexity index is 774. The summed E-state index contributed by atoms with van der Waals surface area (Å²) in [4.78, 5) is 23.1. The van der Waals surface area contributed by atoms with Crippen LogP contribution in [0.15, 0.2) is 18.3 Å². The third-order valence-electron chi connectivity index (χ3n) is 3.32. The predicted octanol–water partition coefficient (Wildman–Crippen LogP) is 3.95. The van der Waals surface area contributed by atoms with E-state index >= 15 is 0 Å². The van der Waals surface area contributed by atoms with Gasteiger partial charge in [-0.25, -0.2) is 15.0 Å². The Kier molecular flexibility index (Phi) is 5.61. The molecular weight excluding hydrogens is 328 g/mol. The third kappa shape index (κ3) is 5.17. The number of rotatable bonds is 6. The molecule has 8 heteroatoms. The lowest BCUT2D eigenvalue weighted by atomic mass is 10.1. The van der Waals surface area contributed by atoms with Gasteiger partial charge >= 0.3 is 5.92 Å². The number of hydrogen-bond donors (Lipinski definition) is 2. The van der Waals surface area contributed by atoms with Gasteiger partial charge in [-0.1, -0.05) is 13.3 Å². The van der Waals surface area contributed by atoms with E-state index in [1.165, 1.54) is 6.92 Å². The van der Waals surface area contributed by atoms with Crippen molar-refractivity contribution in [2.75, 3.05) is 10.6 Å².